The van der Waals surface area contributed by atoms with Crippen molar-refractivity contribution < 1.29 is 4.74 Å². The van der Waals surface area contributed by atoms with Gasteiger partial charge in [-0.25, -0.2) is 0 Å². The molecule has 1 nitrogen and oxygen atoms in total. The van der Waals surface area contributed by atoms with Crippen molar-refractivity contribution in [2.24, 2.45) is 0 Å². The zero-order chi connectivity index (χ0) is 10.3. The fraction of sp³-hybridized carbons (Fsp3) is 0.286. The van der Waals surface area contributed by atoms with Crippen LogP contribution in [0.2, 0.25) is 0 Å². The SMILES string of the molecule is COc1ccc2ccccc2c1C1CC1. The van der Waals surface area contributed by atoms with Crippen LogP contribution in [0.3, 0.4) is 0 Å². The highest BCUT2D eigenvalue weighted by atomic mass is 16.5. The van der Waals surface area contributed by atoms with Crippen molar-refractivity contribution in [3.63, 3.8) is 0 Å². The second-order valence-corrected chi connectivity index (χ2v) is 4.18. The van der Waals surface area contributed by atoms with Gasteiger partial charge in [-0.15, -0.1) is 0 Å². The molecular formula is C14H14O. The topological polar surface area (TPSA) is 9.23 Å². The van der Waals surface area contributed by atoms with Crippen molar-refractivity contribution in [2.75, 3.05) is 7.11 Å². The summed E-state index contributed by atoms with van der Waals surface area (Å²) in [4.78, 5) is 0. The average Bonchev–Trinajstić information content (AvgIpc) is 3.11. The van der Waals surface area contributed by atoms with E-state index < -0.39 is 0 Å². The fourth-order valence-corrected chi connectivity index (χ4v) is 2.25. The van der Waals surface area contributed by atoms with Gasteiger partial charge in [-0.05, 0) is 35.6 Å². The van der Waals surface area contributed by atoms with E-state index in [4.69, 9.17) is 4.74 Å². The molecule has 76 valence electrons. The van der Waals surface area contributed by atoms with Gasteiger partial charge >= 0.3 is 0 Å². The molecule has 1 aliphatic carbocycles. The summed E-state index contributed by atoms with van der Waals surface area (Å²) in [5, 5.41) is 2.68. The lowest BCUT2D eigenvalue weighted by molar-refractivity contribution is 0.410. The van der Waals surface area contributed by atoms with Crippen LogP contribution in [-0.2, 0) is 0 Å². The van der Waals surface area contributed by atoms with Crippen molar-refractivity contribution in [1.29, 1.82) is 0 Å². The molecule has 0 unspecified atom stereocenters. The highest BCUT2D eigenvalue weighted by Gasteiger charge is 2.28. The van der Waals surface area contributed by atoms with Gasteiger partial charge < -0.3 is 4.74 Å². The molecule has 1 aliphatic rings. The summed E-state index contributed by atoms with van der Waals surface area (Å²) in [6.45, 7) is 0. The Morgan fingerprint density at radius 1 is 1.07 bits per heavy atom. The summed E-state index contributed by atoms with van der Waals surface area (Å²) in [6.07, 6.45) is 2.62. The van der Waals surface area contributed by atoms with Crippen molar-refractivity contribution in [2.45, 2.75) is 18.8 Å². The first-order valence-electron chi connectivity index (χ1n) is 5.46. The summed E-state index contributed by atoms with van der Waals surface area (Å²) >= 11 is 0. The molecule has 0 spiro atoms. The van der Waals surface area contributed by atoms with E-state index in [1.54, 1.807) is 7.11 Å². The zero-order valence-electron chi connectivity index (χ0n) is 8.86. The molecule has 0 heterocycles. The third-order valence-corrected chi connectivity index (χ3v) is 3.14. The molecule has 1 saturated carbocycles. The highest BCUT2D eigenvalue weighted by Crippen LogP contribution is 2.47. The summed E-state index contributed by atoms with van der Waals surface area (Å²) < 4.78 is 5.45. The molecule has 0 saturated heterocycles. The van der Waals surface area contributed by atoms with Crippen LogP contribution >= 0.6 is 0 Å². The molecule has 0 radical (unpaired) electrons. The van der Waals surface area contributed by atoms with E-state index in [1.165, 1.54) is 29.2 Å². The zero-order valence-corrected chi connectivity index (χ0v) is 8.86. The minimum Gasteiger partial charge on any atom is -0.496 e. The predicted molar refractivity (Wildman–Crippen MR) is 62.5 cm³/mol. The molecule has 1 heteroatoms. The standard InChI is InChI=1S/C14H14O/c1-15-13-9-8-10-4-2-3-5-12(10)14(13)11-6-7-11/h2-5,8-9,11H,6-7H2,1H3. The lowest BCUT2D eigenvalue weighted by Crippen LogP contribution is -1.91. The molecule has 0 N–H and O–H groups in total. The minimum absolute atomic E-state index is 0.728. The Bertz CT molecular complexity index is 498. The molecule has 0 aliphatic heterocycles. The molecule has 0 atom stereocenters. The van der Waals surface area contributed by atoms with Gasteiger partial charge in [0.1, 0.15) is 5.75 Å². The Morgan fingerprint density at radius 3 is 2.60 bits per heavy atom. The van der Waals surface area contributed by atoms with Crippen LogP contribution in [0.25, 0.3) is 10.8 Å². The normalized spacial score (nSPS) is 15.5. The van der Waals surface area contributed by atoms with Gasteiger partial charge in [0.25, 0.3) is 0 Å². The Hall–Kier alpha value is -1.50. The molecule has 2 aromatic carbocycles. The number of hydrogen-bond donors (Lipinski definition) is 0. The van der Waals surface area contributed by atoms with Gasteiger partial charge in [0.2, 0.25) is 0 Å². The van der Waals surface area contributed by atoms with Crippen LogP contribution in [0, 0.1) is 0 Å². The van der Waals surface area contributed by atoms with Crippen molar-refractivity contribution >= 4 is 10.8 Å². The van der Waals surface area contributed by atoms with Crippen LogP contribution in [-0.4, -0.2) is 7.11 Å². The van der Waals surface area contributed by atoms with Crippen molar-refractivity contribution in [3.8, 4) is 5.75 Å². The largest absolute Gasteiger partial charge is 0.496 e. The predicted octanol–water partition coefficient (Wildman–Crippen LogP) is 3.73. The lowest BCUT2D eigenvalue weighted by atomic mass is 10.00. The summed E-state index contributed by atoms with van der Waals surface area (Å²) in [5.41, 5.74) is 1.41. The second kappa shape index (κ2) is 3.27. The molecule has 0 bridgehead atoms. The van der Waals surface area contributed by atoms with Gasteiger partial charge in [-0.2, -0.15) is 0 Å². The van der Waals surface area contributed by atoms with E-state index in [-0.39, 0.29) is 0 Å². The maximum atomic E-state index is 5.45. The number of methoxy groups -OCH3 is 1. The molecule has 15 heavy (non-hydrogen) atoms. The van der Waals surface area contributed by atoms with Gasteiger partial charge in [0.05, 0.1) is 7.11 Å². The number of fused-ring (bicyclic) bond motifs is 1. The van der Waals surface area contributed by atoms with E-state index in [0.717, 1.165) is 11.7 Å². The number of ether oxygens (including phenoxy) is 1. The van der Waals surface area contributed by atoms with Crippen LogP contribution < -0.4 is 4.74 Å². The van der Waals surface area contributed by atoms with Crippen molar-refractivity contribution in [1.82, 2.24) is 0 Å². The van der Waals surface area contributed by atoms with E-state index >= 15 is 0 Å². The van der Waals surface area contributed by atoms with Gasteiger partial charge in [-0.1, -0.05) is 30.3 Å². The Kier molecular flexibility index (Phi) is 1.91. The minimum atomic E-state index is 0.728. The molecule has 0 amide bonds. The molecule has 3 rings (SSSR count). The monoisotopic (exact) mass is 198 g/mol. The van der Waals surface area contributed by atoms with Crippen LogP contribution in [0.15, 0.2) is 36.4 Å². The first-order valence-corrected chi connectivity index (χ1v) is 5.46. The number of hydrogen-bond acceptors (Lipinski definition) is 1. The highest BCUT2D eigenvalue weighted by molar-refractivity contribution is 5.88. The number of rotatable bonds is 2. The smallest absolute Gasteiger partial charge is 0.122 e. The Morgan fingerprint density at radius 2 is 1.87 bits per heavy atom. The maximum Gasteiger partial charge on any atom is 0.122 e. The van der Waals surface area contributed by atoms with Crippen LogP contribution in [0.5, 0.6) is 5.75 Å². The first kappa shape index (κ1) is 8.78. The van der Waals surface area contributed by atoms with Gasteiger partial charge in [-0.3, -0.25) is 0 Å². The lowest BCUT2D eigenvalue weighted by Gasteiger charge is -2.10. The summed E-state index contributed by atoms with van der Waals surface area (Å²) in [5.74, 6) is 1.78. The molecule has 0 aromatic heterocycles. The molecular weight excluding hydrogens is 184 g/mol. The van der Waals surface area contributed by atoms with E-state index in [0.29, 0.717) is 0 Å². The fourth-order valence-electron chi connectivity index (χ4n) is 2.25. The number of benzene rings is 2. The summed E-state index contributed by atoms with van der Waals surface area (Å²) in [7, 11) is 1.76. The third kappa shape index (κ3) is 1.39. The van der Waals surface area contributed by atoms with Crippen molar-refractivity contribution in [3.05, 3.63) is 42.0 Å². The summed E-state index contributed by atoms with van der Waals surface area (Å²) in [6, 6.07) is 12.8. The van der Waals surface area contributed by atoms with E-state index in [2.05, 4.69) is 36.4 Å². The van der Waals surface area contributed by atoms with Gasteiger partial charge in [0.15, 0.2) is 0 Å². The van der Waals surface area contributed by atoms with Gasteiger partial charge in [0, 0.05) is 5.56 Å². The maximum absolute atomic E-state index is 5.45. The van der Waals surface area contributed by atoms with Crippen LogP contribution in [0.1, 0.15) is 24.3 Å². The van der Waals surface area contributed by atoms with E-state index in [9.17, 15) is 0 Å². The van der Waals surface area contributed by atoms with Crippen LogP contribution in [0.4, 0.5) is 0 Å². The first-order chi connectivity index (χ1) is 7.40. The second-order valence-electron chi connectivity index (χ2n) is 4.18. The average molecular weight is 198 g/mol. The Labute approximate surface area is 89.7 Å². The molecule has 1 fully saturated rings. The van der Waals surface area contributed by atoms with E-state index in [1.807, 2.05) is 0 Å². The molecule has 2 aromatic rings. The quantitative estimate of drug-likeness (QED) is 0.714. The third-order valence-electron chi connectivity index (χ3n) is 3.14. The Balaban J connectivity index is 2.32.